The van der Waals surface area contributed by atoms with E-state index in [1.807, 2.05) is 30.3 Å². The summed E-state index contributed by atoms with van der Waals surface area (Å²) in [6.07, 6.45) is 3.50. The van der Waals surface area contributed by atoms with Gasteiger partial charge in [-0.25, -0.2) is 9.97 Å². The molecule has 0 saturated carbocycles. The third-order valence-corrected chi connectivity index (χ3v) is 2.84. The van der Waals surface area contributed by atoms with Gasteiger partial charge < -0.3 is 5.73 Å². The lowest BCUT2D eigenvalue weighted by Crippen LogP contribution is -1.90. The summed E-state index contributed by atoms with van der Waals surface area (Å²) < 4.78 is 0. The van der Waals surface area contributed by atoms with Gasteiger partial charge in [0, 0.05) is 23.0 Å². The number of anilines is 1. The monoisotopic (exact) mass is 217 g/mol. The Labute approximate surface area is 92.8 Å². The van der Waals surface area contributed by atoms with Gasteiger partial charge in [-0.2, -0.15) is 0 Å². The molecule has 2 N–H and O–H groups in total. The van der Waals surface area contributed by atoms with Gasteiger partial charge in [-0.15, -0.1) is 11.8 Å². The molecule has 0 bridgehead atoms. The Balaban J connectivity index is 1.99. The van der Waals surface area contributed by atoms with Crippen LogP contribution in [0.4, 0.5) is 5.69 Å². The van der Waals surface area contributed by atoms with E-state index in [1.54, 1.807) is 24.2 Å². The molecule has 0 aliphatic rings. The highest BCUT2D eigenvalue weighted by Gasteiger charge is 1.97. The zero-order chi connectivity index (χ0) is 10.5. The minimum absolute atomic E-state index is 0.768. The van der Waals surface area contributed by atoms with Gasteiger partial charge in [-0.05, 0) is 24.3 Å². The van der Waals surface area contributed by atoms with Crippen LogP contribution in [0.2, 0.25) is 0 Å². The smallest absolute Gasteiger partial charge is 0.138 e. The van der Waals surface area contributed by atoms with Gasteiger partial charge in [0.05, 0.1) is 5.75 Å². The van der Waals surface area contributed by atoms with Crippen LogP contribution in [0, 0.1) is 0 Å². The standard InChI is InChI=1S/C11H11N3S/c12-9-3-1-4-10(7-9)15-8-11-13-5-2-6-14-11/h1-7H,8,12H2. The van der Waals surface area contributed by atoms with E-state index in [-0.39, 0.29) is 0 Å². The van der Waals surface area contributed by atoms with Crippen molar-refractivity contribution in [3.05, 3.63) is 48.5 Å². The minimum atomic E-state index is 0.768. The maximum absolute atomic E-state index is 5.68. The van der Waals surface area contributed by atoms with E-state index in [1.165, 1.54) is 0 Å². The minimum Gasteiger partial charge on any atom is -0.399 e. The van der Waals surface area contributed by atoms with E-state index in [0.29, 0.717) is 0 Å². The van der Waals surface area contributed by atoms with Crippen LogP contribution in [0.5, 0.6) is 0 Å². The third kappa shape index (κ3) is 2.95. The first kappa shape index (κ1) is 9.98. The molecule has 1 heterocycles. The Morgan fingerprint density at radius 3 is 2.67 bits per heavy atom. The summed E-state index contributed by atoms with van der Waals surface area (Å²) >= 11 is 1.68. The van der Waals surface area contributed by atoms with Gasteiger partial charge in [0.25, 0.3) is 0 Å². The molecule has 0 atom stereocenters. The van der Waals surface area contributed by atoms with E-state index in [2.05, 4.69) is 9.97 Å². The summed E-state index contributed by atoms with van der Waals surface area (Å²) in [5.41, 5.74) is 6.47. The maximum Gasteiger partial charge on any atom is 0.138 e. The first-order valence-electron chi connectivity index (χ1n) is 4.59. The van der Waals surface area contributed by atoms with Crippen molar-refractivity contribution in [1.82, 2.24) is 9.97 Å². The van der Waals surface area contributed by atoms with Crippen LogP contribution in [0.3, 0.4) is 0 Å². The molecule has 1 aromatic carbocycles. The summed E-state index contributed by atoms with van der Waals surface area (Å²) in [5, 5.41) is 0. The summed E-state index contributed by atoms with van der Waals surface area (Å²) in [5.74, 6) is 1.61. The third-order valence-electron chi connectivity index (χ3n) is 1.85. The lowest BCUT2D eigenvalue weighted by atomic mass is 10.3. The Bertz CT molecular complexity index is 431. The quantitative estimate of drug-likeness (QED) is 0.633. The van der Waals surface area contributed by atoms with Crippen LogP contribution in [-0.4, -0.2) is 9.97 Å². The fourth-order valence-electron chi connectivity index (χ4n) is 1.16. The molecule has 0 spiro atoms. The van der Waals surface area contributed by atoms with Crippen LogP contribution in [0.15, 0.2) is 47.6 Å². The summed E-state index contributed by atoms with van der Waals surface area (Å²) in [4.78, 5) is 9.45. The molecule has 4 heteroatoms. The van der Waals surface area contributed by atoms with E-state index in [9.17, 15) is 0 Å². The fraction of sp³-hybridized carbons (Fsp3) is 0.0909. The number of rotatable bonds is 3. The van der Waals surface area contributed by atoms with Crippen LogP contribution in [-0.2, 0) is 5.75 Å². The number of hydrogen-bond donors (Lipinski definition) is 1. The number of benzene rings is 1. The second-order valence-electron chi connectivity index (χ2n) is 3.03. The highest BCUT2D eigenvalue weighted by molar-refractivity contribution is 7.98. The number of aromatic nitrogens is 2. The molecule has 3 nitrogen and oxygen atoms in total. The summed E-state index contributed by atoms with van der Waals surface area (Å²) in [6.45, 7) is 0. The number of thioether (sulfide) groups is 1. The molecule has 2 aromatic rings. The molecule has 0 unspecified atom stereocenters. The Hall–Kier alpha value is -1.55. The SMILES string of the molecule is Nc1cccc(SCc2ncccn2)c1. The number of nitrogens with zero attached hydrogens (tertiary/aromatic N) is 2. The average molecular weight is 217 g/mol. The zero-order valence-electron chi connectivity index (χ0n) is 8.13. The Morgan fingerprint density at radius 1 is 1.13 bits per heavy atom. The first-order chi connectivity index (χ1) is 7.34. The van der Waals surface area contributed by atoms with Gasteiger partial charge in [0.2, 0.25) is 0 Å². The second-order valence-corrected chi connectivity index (χ2v) is 4.07. The van der Waals surface area contributed by atoms with Gasteiger partial charge in [-0.3, -0.25) is 0 Å². The number of nitrogen functional groups attached to an aromatic ring is 1. The predicted molar refractivity (Wildman–Crippen MR) is 62.4 cm³/mol. The topological polar surface area (TPSA) is 51.8 Å². The highest BCUT2D eigenvalue weighted by atomic mass is 32.2. The van der Waals surface area contributed by atoms with Crippen LogP contribution < -0.4 is 5.73 Å². The van der Waals surface area contributed by atoms with Crippen molar-refractivity contribution in [3.8, 4) is 0 Å². The molecule has 76 valence electrons. The van der Waals surface area contributed by atoms with Crippen molar-refractivity contribution in [3.63, 3.8) is 0 Å². The van der Waals surface area contributed by atoms with Crippen molar-refractivity contribution in [2.24, 2.45) is 0 Å². The van der Waals surface area contributed by atoms with Crippen LogP contribution in [0.25, 0.3) is 0 Å². The molecule has 0 fully saturated rings. The van der Waals surface area contributed by atoms with Crippen molar-refractivity contribution < 1.29 is 0 Å². The van der Waals surface area contributed by atoms with E-state index in [0.717, 1.165) is 22.2 Å². The predicted octanol–water partition coefficient (Wildman–Crippen LogP) is 2.35. The largest absolute Gasteiger partial charge is 0.399 e. The van der Waals surface area contributed by atoms with Gasteiger partial charge in [-0.1, -0.05) is 6.07 Å². The zero-order valence-corrected chi connectivity index (χ0v) is 8.95. The molecular weight excluding hydrogens is 206 g/mol. The lowest BCUT2D eigenvalue weighted by Gasteiger charge is -2.01. The van der Waals surface area contributed by atoms with Gasteiger partial charge in [0.15, 0.2) is 0 Å². The number of nitrogens with two attached hydrogens (primary N) is 1. The van der Waals surface area contributed by atoms with Crippen molar-refractivity contribution in [1.29, 1.82) is 0 Å². The van der Waals surface area contributed by atoms with Crippen LogP contribution >= 0.6 is 11.8 Å². The summed E-state index contributed by atoms with van der Waals surface area (Å²) in [7, 11) is 0. The molecule has 0 aliphatic heterocycles. The van der Waals surface area contributed by atoms with Crippen LogP contribution in [0.1, 0.15) is 5.82 Å². The van der Waals surface area contributed by atoms with E-state index >= 15 is 0 Å². The average Bonchev–Trinajstić information content (AvgIpc) is 2.28. The molecule has 1 aromatic heterocycles. The molecular formula is C11H11N3S. The molecule has 2 rings (SSSR count). The maximum atomic E-state index is 5.68. The molecule has 0 saturated heterocycles. The molecule has 0 radical (unpaired) electrons. The van der Waals surface area contributed by atoms with Gasteiger partial charge in [0.1, 0.15) is 5.82 Å². The van der Waals surface area contributed by atoms with Crippen molar-refractivity contribution in [2.75, 3.05) is 5.73 Å². The normalized spacial score (nSPS) is 10.1. The molecule has 0 amide bonds. The molecule has 0 aliphatic carbocycles. The second kappa shape index (κ2) is 4.79. The Morgan fingerprint density at radius 2 is 1.93 bits per heavy atom. The first-order valence-corrected chi connectivity index (χ1v) is 5.57. The van der Waals surface area contributed by atoms with E-state index in [4.69, 9.17) is 5.73 Å². The van der Waals surface area contributed by atoms with E-state index < -0.39 is 0 Å². The molecule has 15 heavy (non-hydrogen) atoms. The van der Waals surface area contributed by atoms with Crippen molar-refractivity contribution in [2.45, 2.75) is 10.6 Å². The fourth-order valence-corrected chi connectivity index (χ4v) is 2.00. The highest BCUT2D eigenvalue weighted by Crippen LogP contribution is 2.22. The summed E-state index contributed by atoms with van der Waals surface area (Å²) in [6, 6.07) is 9.62. The lowest BCUT2D eigenvalue weighted by molar-refractivity contribution is 1.03. The number of hydrogen-bond acceptors (Lipinski definition) is 4. The van der Waals surface area contributed by atoms with Gasteiger partial charge >= 0.3 is 0 Å². The van der Waals surface area contributed by atoms with Crippen molar-refractivity contribution >= 4 is 17.4 Å². The Kier molecular flexibility index (Phi) is 3.19.